The van der Waals surface area contributed by atoms with Crippen LogP contribution in [0.3, 0.4) is 0 Å². The van der Waals surface area contributed by atoms with Gasteiger partial charge in [-0.15, -0.1) is 0 Å². The van der Waals surface area contributed by atoms with E-state index < -0.39 is 13.8 Å². The van der Waals surface area contributed by atoms with Gasteiger partial charge in [-0.3, -0.25) is 0 Å². The fourth-order valence-electron chi connectivity index (χ4n) is 1.28. The Kier molecular flexibility index (Phi) is 2.52. The van der Waals surface area contributed by atoms with E-state index in [9.17, 15) is 8.63 Å². The van der Waals surface area contributed by atoms with Crippen LogP contribution in [0.2, 0.25) is 0 Å². The molecule has 0 aliphatic carbocycles. The first-order valence-electron chi connectivity index (χ1n) is 3.75. The van der Waals surface area contributed by atoms with Crippen LogP contribution in [0.1, 0.15) is 19.2 Å². The van der Waals surface area contributed by atoms with Crippen LogP contribution in [0, 0.1) is 0 Å². The molecule has 0 fully saturated rings. The molecular weight excluding hydrogens is 302 g/mol. The second-order valence-electron chi connectivity index (χ2n) is 2.78. The number of ether oxygens (including phenoxy) is 1. The fourth-order valence-corrected chi connectivity index (χ4v) is 8.31. The average Bonchev–Trinajstić information content (AvgIpc) is 2.59. The van der Waals surface area contributed by atoms with Gasteiger partial charge in [0.1, 0.15) is 0 Å². The van der Waals surface area contributed by atoms with Crippen molar-refractivity contribution in [1.29, 1.82) is 0 Å². The molecule has 1 aromatic rings. The first-order valence-corrected chi connectivity index (χ1v) is 8.59. The van der Waals surface area contributed by atoms with Gasteiger partial charge in [-0.2, -0.15) is 0 Å². The van der Waals surface area contributed by atoms with E-state index in [-0.39, 0.29) is 20.5 Å². The van der Waals surface area contributed by atoms with Crippen molar-refractivity contribution < 1.29 is 13.4 Å². The summed E-state index contributed by atoms with van der Waals surface area (Å²) in [4.78, 5) is 11.2. The second kappa shape index (κ2) is 3.50. The van der Waals surface area contributed by atoms with E-state index in [4.69, 9.17) is 0 Å². The van der Waals surface area contributed by atoms with Crippen molar-refractivity contribution in [3.8, 4) is 0 Å². The Balaban J connectivity index is 2.31. The van der Waals surface area contributed by atoms with Crippen molar-refractivity contribution in [2.45, 2.75) is 10.6 Å². The topological polar surface area (TPSA) is 43.4 Å². The Labute approximate surface area is 85.9 Å². The van der Waals surface area contributed by atoms with Crippen LogP contribution in [0.4, 0.5) is 0 Å². The molecule has 0 saturated carbocycles. The fraction of sp³-hybridized carbons (Fsp3) is 0.375. The maximum atomic E-state index is 11.2. The van der Waals surface area contributed by atoms with Crippen LogP contribution in [0.25, 0.3) is 0 Å². The summed E-state index contributed by atoms with van der Waals surface area (Å²) in [6, 6.07) is 1.88. The Bertz CT molecular complexity index is 355. The van der Waals surface area contributed by atoms with E-state index in [1.165, 1.54) is 11.5 Å². The second-order valence-corrected chi connectivity index (χ2v) is 8.22. The van der Waals surface area contributed by atoms with Crippen molar-refractivity contribution in [2.75, 3.05) is 7.11 Å². The van der Waals surface area contributed by atoms with Crippen LogP contribution < -0.4 is 0 Å². The molecule has 1 unspecified atom stereocenters. The van der Waals surface area contributed by atoms with Gasteiger partial charge in [-0.25, -0.2) is 0 Å². The molecule has 2 heterocycles. The summed E-state index contributed by atoms with van der Waals surface area (Å²) in [6.07, 6.45) is 0. The van der Waals surface area contributed by atoms with Gasteiger partial charge in [0.15, 0.2) is 0 Å². The molecule has 5 heteroatoms. The molecule has 0 saturated heterocycles. The van der Waals surface area contributed by atoms with Crippen molar-refractivity contribution >= 4 is 34.3 Å². The number of carbonyl (C=O) groups is 1. The molecule has 0 bridgehead atoms. The SMILES string of the molecule is COC(=O)c1cc2c([se]1)C[Se](=O)C2. The van der Waals surface area contributed by atoms with Gasteiger partial charge >= 0.3 is 85.9 Å². The van der Waals surface area contributed by atoms with Gasteiger partial charge in [-0.1, -0.05) is 0 Å². The third-order valence-electron chi connectivity index (χ3n) is 1.89. The first kappa shape index (κ1) is 9.35. The number of methoxy groups -OCH3 is 1. The van der Waals surface area contributed by atoms with E-state index in [1.54, 1.807) is 0 Å². The van der Waals surface area contributed by atoms with E-state index in [2.05, 4.69) is 4.74 Å². The van der Waals surface area contributed by atoms with Gasteiger partial charge < -0.3 is 0 Å². The summed E-state index contributed by atoms with van der Waals surface area (Å²) in [7, 11) is 1.40. The monoisotopic (exact) mass is 312 g/mol. The van der Waals surface area contributed by atoms with Gasteiger partial charge in [0, 0.05) is 0 Å². The van der Waals surface area contributed by atoms with Gasteiger partial charge in [0.05, 0.1) is 0 Å². The van der Waals surface area contributed by atoms with Crippen LogP contribution >= 0.6 is 0 Å². The zero-order valence-electron chi connectivity index (χ0n) is 7.03. The minimum absolute atomic E-state index is 0.0884. The van der Waals surface area contributed by atoms with Crippen LogP contribution in [-0.4, -0.2) is 41.4 Å². The Morgan fingerprint density at radius 1 is 1.62 bits per heavy atom. The van der Waals surface area contributed by atoms with Gasteiger partial charge in [0.2, 0.25) is 0 Å². The van der Waals surface area contributed by atoms with E-state index >= 15 is 0 Å². The number of fused-ring (bicyclic) bond motifs is 1. The summed E-state index contributed by atoms with van der Waals surface area (Å²) < 4.78 is 17.9. The molecule has 1 aromatic heterocycles. The minimum atomic E-state index is -1.58. The molecule has 3 nitrogen and oxygen atoms in total. The Morgan fingerprint density at radius 3 is 3.00 bits per heavy atom. The molecule has 13 heavy (non-hydrogen) atoms. The molecule has 0 radical (unpaired) electrons. The van der Waals surface area contributed by atoms with E-state index in [1.807, 2.05) is 6.07 Å². The van der Waals surface area contributed by atoms with Crippen LogP contribution in [0.5, 0.6) is 0 Å². The number of rotatable bonds is 1. The van der Waals surface area contributed by atoms with Crippen molar-refractivity contribution in [1.82, 2.24) is 0 Å². The standard InChI is InChI=1S/C8H8O3Se2/c1-11-8(9)6-2-5-3-13(10)4-7(5)12-6/h2H,3-4H2,1H3. The predicted octanol–water partition coefficient (Wildman–Crippen LogP) is 0.129. The molecule has 0 amide bonds. The molecule has 0 N–H and O–H groups in total. The van der Waals surface area contributed by atoms with E-state index in [0.29, 0.717) is 0 Å². The number of hydrogen-bond donors (Lipinski definition) is 0. The summed E-state index contributed by atoms with van der Waals surface area (Å²) in [6.45, 7) is 0. The Hall–Kier alpha value is -0.211. The average molecular weight is 310 g/mol. The van der Waals surface area contributed by atoms with Crippen molar-refractivity contribution in [2.24, 2.45) is 0 Å². The summed E-state index contributed by atoms with van der Waals surface area (Å²) in [5, 5.41) is 1.48. The molecule has 1 atom stereocenters. The number of hydrogen-bond acceptors (Lipinski definition) is 3. The summed E-state index contributed by atoms with van der Waals surface area (Å²) in [5.74, 6) is -0.225. The molecular formula is C8H8O3Se2. The molecule has 2 rings (SSSR count). The molecule has 1 aliphatic rings. The van der Waals surface area contributed by atoms with Crippen LogP contribution in [0.15, 0.2) is 6.07 Å². The van der Waals surface area contributed by atoms with Crippen LogP contribution in [-0.2, 0) is 19.2 Å². The Morgan fingerprint density at radius 2 is 2.38 bits per heavy atom. The zero-order valence-corrected chi connectivity index (χ0v) is 10.5. The maximum absolute atomic E-state index is 11.2. The normalized spacial score (nSPS) is 19.9. The number of carbonyl (C=O) groups excluding carboxylic acids is 1. The summed E-state index contributed by atoms with van der Waals surface area (Å²) in [5.41, 5.74) is 1.15. The molecule has 70 valence electrons. The molecule has 1 aliphatic heterocycles. The third kappa shape index (κ3) is 1.70. The van der Waals surface area contributed by atoms with Crippen molar-refractivity contribution in [3.05, 3.63) is 20.5 Å². The van der Waals surface area contributed by atoms with E-state index in [0.717, 1.165) is 20.6 Å². The summed E-state index contributed by atoms with van der Waals surface area (Å²) >= 11 is -1.49. The third-order valence-corrected chi connectivity index (χ3v) is 7.86. The number of esters is 1. The van der Waals surface area contributed by atoms with Gasteiger partial charge in [-0.05, 0) is 0 Å². The molecule has 0 spiro atoms. The first-order chi connectivity index (χ1) is 6.20. The molecule has 0 aromatic carbocycles. The quantitative estimate of drug-likeness (QED) is 0.547. The van der Waals surface area contributed by atoms with Crippen molar-refractivity contribution in [3.63, 3.8) is 0 Å². The predicted molar refractivity (Wildman–Crippen MR) is 48.6 cm³/mol. The zero-order chi connectivity index (χ0) is 9.42. The van der Waals surface area contributed by atoms with Gasteiger partial charge in [0.25, 0.3) is 0 Å².